The van der Waals surface area contributed by atoms with Crippen molar-refractivity contribution < 1.29 is 0 Å². The van der Waals surface area contributed by atoms with Gasteiger partial charge in [-0.05, 0) is 43.2 Å². The van der Waals surface area contributed by atoms with Crippen LogP contribution in [0.1, 0.15) is 57.0 Å². The number of aryl methyl sites for hydroxylation is 2. The summed E-state index contributed by atoms with van der Waals surface area (Å²) in [5.41, 5.74) is 4.14. The minimum Gasteiger partial charge on any atom is -0.325 e. The standard InChI is InChI=1S/C18H25ClN2/c1-13-6-4-8-15-17(13)20-16(9-11-19)21(15)14-7-5-10-18(2,3)12-14/h4,6,8,14H,5,7,9-12H2,1-3H3. The molecular weight excluding hydrogens is 280 g/mol. The Kier molecular flexibility index (Phi) is 4.00. The molecule has 1 aromatic heterocycles. The Morgan fingerprint density at radius 1 is 1.38 bits per heavy atom. The van der Waals surface area contributed by atoms with Gasteiger partial charge in [-0.15, -0.1) is 11.6 Å². The van der Waals surface area contributed by atoms with Crippen molar-refractivity contribution in [2.24, 2.45) is 5.41 Å². The van der Waals surface area contributed by atoms with Crippen LogP contribution in [-0.4, -0.2) is 15.4 Å². The van der Waals surface area contributed by atoms with E-state index in [1.165, 1.54) is 36.8 Å². The molecule has 1 aromatic carbocycles. The monoisotopic (exact) mass is 304 g/mol. The Morgan fingerprint density at radius 2 is 2.19 bits per heavy atom. The minimum atomic E-state index is 0.432. The van der Waals surface area contributed by atoms with E-state index in [1.807, 2.05) is 0 Å². The highest BCUT2D eigenvalue weighted by Gasteiger charge is 2.31. The van der Waals surface area contributed by atoms with Gasteiger partial charge in [0.15, 0.2) is 0 Å². The maximum absolute atomic E-state index is 6.02. The lowest BCUT2D eigenvalue weighted by Crippen LogP contribution is -2.26. The second-order valence-electron chi connectivity index (χ2n) is 7.19. The molecule has 114 valence electrons. The number of hydrogen-bond donors (Lipinski definition) is 0. The van der Waals surface area contributed by atoms with Crippen LogP contribution in [0.15, 0.2) is 18.2 Å². The molecule has 1 aliphatic rings. The third kappa shape index (κ3) is 2.83. The first kappa shape index (κ1) is 14.9. The van der Waals surface area contributed by atoms with Gasteiger partial charge in [0.2, 0.25) is 0 Å². The summed E-state index contributed by atoms with van der Waals surface area (Å²) in [6.45, 7) is 6.93. The summed E-state index contributed by atoms with van der Waals surface area (Å²) in [4.78, 5) is 4.90. The van der Waals surface area contributed by atoms with Crippen LogP contribution >= 0.6 is 11.6 Å². The van der Waals surface area contributed by atoms with Crippen molar-refractivity contribution in [3.8, 4) is 0 Å². The molecule has 0 saturated heterocycles. The van der Waals surface area contributed by atoms with Crippen LogP contribution in [0.5, 0.6) is 0 Å². The first-order chi connectivity index (χ1) is 10.0. The van der Waals surface area contributed by atoms with Gasteiger partial charge in [0.25, 0.3) is 0 Å². The minimum absolute atomic E-state index is 0.432. The van der Waals surface area contributed by atoms with Crippen molar-refractivity contribution in [2.45, 2.75) is 58.9 Å². The number of aromatic nitrogens is 2. The van der Waals surface area contributed by atoms with Crippen molar-refractivity contribution in [3.63, 3.8) is 0 Å². The summed E-state index contributed by atoms with van der Waals surface area (Å²) in [7, 11) is 0. The highest BCUT2D eigenvalue weighted by molar-refractivity contribution is 6.17. The molecule has 0 bridgehead atoms. The quantitative estimate of drug-likeness (QED) is 0.707. The van der Waals surface area contributed by atoms with Crippen molar-refractivity contribution in [2.75, 3.05) is 5.88 Å². The van der Waals surface area contributed by atoms with Gasteiger partial charge in [-0.1, -0.05) is 32.4 Å². The highest BCUT2D eigenvalue weighted by Crippen LogP contribution is 2.42. The molecule has 3 heteroatoms. The Labute approximate surface area is 132 Å². The number of rotatable bonds is 3. The maximum atomic E-state index is 6.02. The highest BCUT2D eigenvalue weighted by atomic mass is 35.5. The van der Waals surface area contributed by atoms with E-state index in [9.17, 15) is 0 Å². The van der Waals surface area contributed by atoms with Gasteiger partial charge in [-0.2, -0.15) is 0 Å². The van der Waals surface area contributed by atoms with Crippen molar-refractivity contribution in [1.82, 2.24) is 9.55 Å². The molecule has 0 aliphatic heterocycles. The summed E-state index contributed by atoms with van der Waals surface area (Å²) in [5.74, 6) is 1.80. The number of halogens is 1. The molecule has 0 amide bonds. The van der Waals surface area contributed by atoms with Gasteiger partial charge in [-0.25, -0.2) is 4.98 Å². The van der Waals surface area contributed by atoms with Crippen LogP contribution < -0.4 is 0 Å². The molecule has 21 heavy (non-hydrogen) atoms. The summed E-state index contributed by atoms with van der Waals surface area (Å²) < 4.78 is 2.49. The second-order valence-corrected chi connectivity index (χ2v) is 7.57. The summed E-state index contributed by atoms with van der Waals surface area (Å²) in [5, 5.41) is 0. The van der Waals surface area contributed by atoms with Crippen LogP contribution in [0.2, 0.25) is 0 Å². The van der Waals surface area contributed by atoms with Crippen LogP contribution in [0.3, 0.4) is 0 Å². The lowest BCUT2D eigenvalue weighted by molar-refractivity contribution is 0.184. The molecule has 1 atom stereocenters. The average Bonchev–Trinajstić information content (AvgIpc) is 2.78. The van der Waals surface area contributed by atoms with E-state index >= 15 is 0 Å². The smallest absolute Gasteiger partial charge is 0.111 e. The van der Waals surface area contributed by atoms with Crippen molar-refractivity contribution in [3.05, 3.63) is 29.6 Å². The summed E-state index contributed by atoms with van der Waals surface area (Å²) in [6.07, 6.45) is 6.00. The Hall–Kier alpha value is -1.02. The molecule has 0 N–H and O–H groups in total. The Bertz CT molecular complexity index is 642. The number of alkyl halides is 1. The molecule has 1 aliphatic carbocycles. The molecule has 0 radical (unpaired) electrons. The normalized spacial score (nSPS) is 21.8. The fraction of sp³-hybridized carbons (Fsp3) is 0.611. The molecule has 0 spiro atoms. The topological polar surface area (TPSA) is 17.8 Å². The average molecular weight is 305 g/mol. The number of fused-ring (bicyclic) bond motifs is 1. The Balaban J connectivity index is 2.11. The van der Waals surface area contributed by atoms with Gasteiger partial charge < -0.3 is 4.57 Å². The second kappa shape index (κ2) is 5.64. The zero-order valence-corrected chi connectivity index (χ0v) is 14.1. The van der Waals surface area contributed by atoms with Crippen molar-refractivity contribution >= 4 is 22.6 Å². The molecule has 2 nitrogen and oxygen atoms in total. The number of para-hydroxylation sites is 1. The van der Waals surface area contributed by atoms with Gasteiger partial charge in [0.05, 0.1) is 11.0 Å². The van der Waals surface area contributed by atoms with E-state index in [1.54, 1.807) is 0 Å². The summed E-state index contributed by atoms with van der Waals surface area (Å²) in [6, 6.07) is 7.08. The number of hydrogen-bond acceptors (Lipinski definition) is 1. The lowest BCUT2D eigenvalue weighted by Gasteiger charge is -2.36. The van der Waals surface area contributed by atoms with Crippen LogP contribution in [-0.2, 0) is 6.42 Å². The molecule has 2 aromatic rings. The Morgan fingerprint density at radius 3 is 2.90 bits per heavy atom. The van der Waals surface area contributed by atoms with Gasteiger partial charge in [0, 0.05) is 18.3 Å². The van der Waals surface area contributed by atoms with Crippen molar-refractivity contribution in [1.29, 1.82) is 0 Å². The molecular formula is C18H25ClN2. The predicted molar refractivity (Wildman–Crippen MR) is 90.2 cm³/mol. The SMILES string of the molecule is Cc1cccc2c1nc(CCCl)n2C1CCCC(C)(C)C1. The van der Waals surface area contributed by atoms with E-state index in [0.717, 1.165) is 17.8 Å². The van der Waals surface area contributed by atoms with E-state index in [4.69, 9.17) is 16.6 Å². The number of benzene rings is 1. The van der Waals surface area contributed by atoms with E-state index in [2.05, 4.69) is 43.5 Å². The first-order valence-corrected chi connectivity index (χ1v) is 8.58. The van der Waals surface area contributed by atoms with Crippen LogP contribution in [0, 0.1) is 12.3 Å². The van der Waals surface area contributed by atoms with Gasteiger partial charge in [0.1, 0.15) is 5.82 Å². The zero-order chi connectivity index (χ0) is 15.0. The maximum Gasteiger partial charge on any atom is 0.111 e. The van der Waals surface area contributed by atoms with E-state index < -0.39 is 0 Å². The molecule has 1 unspecified atom stereocenters. The fourth-order valence-corrected chi connectivity index (χ4v) is 4.02. The lowest BCUT2D eigenvalue weighted by atomic mass is 9.75. The third-order valence-corrected chi connectivity index (χ3v) is 5.05. The van der Waals surface area contributed by atoms with Gasteiger partial charge >= 0.3 is 0 Å². The van der Waals surface area contributed by atoms with Crippen LogP contribution in [0.4, 0.5) is 0 Å². The molecule has 1 saturated carbocycles. The van der Waals surface area contributed by atoms with Gasteiger partial charge in [-0.3, -0.25) is 0 Å². The molecule has 1 heterocycles. The molecule has 1 fully saturated rings. The fourth-order valence-electron chi connectivity index (χ4n) is 3.85. The third-order valence-electron chi connectivity index (χ3n) is 4.86. The van der Waals surface area contributed by atoms with Crippen LogP contribution in [0.25, 0.3) is 11.0 Å². The van der Waals surface area contributed by atoms with E-state index in [-0.39, 0.29) is 0 Å². The zero-order valence-electron chi connectivity index (χ0n) is 13.3. The molecule has 3 rings (SSSR count). The largest absolute Gasteiger partial charge is 0.325 e. The first-order valence-electron chi connectivity index (χ1n) is 8.04. The summed E-state index contributed by atoms with van der Waals surface area (Å²) >= 11 is 6.02. The number of imidazole rings is 1. The predicted octanol–water partition coefficient (Wildman–Crippen LogP) is 5.27. The van der Waals surface area contributed by atoms with E-state index in [0.29, 0.717) is 17.3 Å². The number of nitrogens with zero attached hydrogens (tertiary/aromatic N) is 2.